The number of nitro groups is 1. The smallest absolute Gasteiger partial charge is 0.261 e. The van der Waals surface area contributed by atoms with Crippen LogP contribution in [-0.2, 0) is 16.4 Å². The summed E-state index contributed by atoms with van der Waals surface area (Å²) < 4.78 is 26.8. The van der Waals surface area contributed by atoms with E-state index >= 15 is 0 Å². The molecule has 2 rings (SSSR count). The third-order valence-electron chi connectivity index (χ3n) is 3.71. The van der Waals surface area contributed by atoms with Gasteiger partial charge in [-0.05, 0) is 25.1 Å². The van der Waals surface area contributed by atoms with Crippen molar-refractivity contribution in [2.75, 3.05) is 13.1 Å². The number of aryl methyl sites for hydroxylation is 1. The first-order valence-corrected chi connectivity index (χ1v) is 8.95. The molecule has 0 saturated carbocycles. The predicted molar refractivity (Wildman–Crippen MR) is 90.2 cm³/mol. The fraction of sp³-hybridized carbons (Fsp3) is 0.312. The molecule has 0 amide bonds. The molecule has 128 valence electrons. The molecule has 0 aliphatic rings. The number of nitrogens with zero attached hydrogens (tertiary/aromatic N) is 3. The number of sulfonamides is 1. The van der Waals surface area contributed by atoms with Crippen LogP contribution in [0.15, 0.2) is 47.5 Å². The lowest BCUT2D eigenvalue weighted by Gasteiger charge is -2.20. The summed E-state index contributed by atoms with van der Waals surface area (Å²) >= 11 is 0. The van der Waals surface area contributed by atoms with Crippen LogP contribution >= 0.6 is 0 Å². The van der Waals surface area contributed by atoms with E-state index in [-0.39, 0.29) is 23.7 Å². The molecular formula is C16H19N3O4S. The van der Waals surface area contributed by atoms with Gasteiger partial charge in [0.1, 0.15) is 0 Å². The Balaban J connectivity index is 2.26. The van der Waals surface area contributed by atoms with E-state index in [1.807, 2.05) is 12.1 Å². The van der Waals surface area contributed by atoms with Gasteiger partial charge in [0.25, 0.3) is 5.69 Å². The van der Waals surface area contributed by atoms with E-state index in [2.05, 4.69) is 4.98 Å². The first kappa shape index (κ1) is 18.0. The summed E-state index contributed by atoms with van der Waals surface area (Å²) in [7, 11) is -3.79. The Kier molecular flexibility index (Phi) is 5.63. The van der Waals surface area contributed by atoms with Crippen molar-refractivity contribution in [1.29, 1.82) is 0 Å². The Morgan fingerprint density at radius 1 is 1.25 bits per heavy atom. The number of hydrogen-bond acceptors (Lipinski definition) is 5. The van der Waals surface area contributed by atoms with Crippen LogP contribution in [0.3, 0.4) is 0 Å². The number of benzene rings is 1. The summed E-state index contributed by atoms with van der Waals surface area (Å²) in [6.07, 6.45) is 2.13. The molecule has 0 bridgehead atoms. The second kappa shape index (κ2) is 7.50. The van der Waals surface area contributed by atoms with Crippen LogP contribution < -0.4 is 0 Å². The second-order valence-corrected chi connectivity index (χ2v) is 7.21. The van der Waals surface area contributed by atoms with Crippen LogP contribution in [-0.4, -0.2) is 35.7 Å². The van der Waals surface area contributed by atoms with Crippen LogP contribution in [0.1, 0.15) is 18.2 Å². The van der Waals surface area contributed by atoms with Crippen molar-refractivity contribution in [3.05, 3.63) is 64.0 Å². The average molecular weight is 349 g/mol. The van der Waals surface area contributed by atoms with E-state index in [1.54, 1.807) is 26.1 Å². The van der Waals surface area contributed by atoms with Crippen molar-refractivity contribution in [2.24, 2.45) is 0 Å². The number of nitro benzene ring substituents is 1. The van der Waals surface area contributed by atoms with Crippen molar-refractivity contribution in [3.8, 4) is 0 Å². The lowest BCUT2D eigenvalue weighted by Crippen LogP contribution is -2.33. The maximum absolute atomic E-state index is 12.8. The minimum Gasteiger partial charge on any atom is -0.261 e. The standard InChI is InChI=1S/C16H19N3O4S/c1-3-18(11-9-14-6-4-5-10-17-14)24(22,23)15-8-7-13(2)16(12-15)19(20)21/h4-8,10,12H,3,9,11H2,1-2H3. The van der Waals surface area contributed by atoms with Gasteiger partial charge in [-0.15, -0.1) is 0 Å². The third-order valence-corrected chi connectivity index (χ3v) is 5.68. The minimum atomic E-state index is -3.79. The summed E-state index contributed by atoms with van der Waals surface area (Å²) in [5, 5.41) is 11.0. The van der Waals surface area contributed by atoms with Gasteiger partial charge in [-0.2, -0.15) is 4.31 Å². The van der Waals surface area contributed by atoms with Gasteiger partial charge in [0.15, 0.2) is 0 Å². The van der Waals surface area contributed by atoms with Gasteiger partial charge < -0.3 is 0 Å². The molecule has 24 heavy (non-hydrogen) atoms. The Labute approximate surface area is 141 Å². The molecule has 2 aromatic rings. The molecular weight excluding hydrogens is 330 g/mol. The van der Waals surface area contributed by atoms with Gasteiger partial charge in [-0.3, -0.25) is 15.1 Å². The largest absolute Gasteiger partial charge is 0.273 e. The Morgan fingerprint density at radius 3 is 2.58 bits per heavy atom. The molecule has 1 aromatic carbocycles. The zero-order chi connectivity index (χ0) is 17.7. The summed E-state index contributed by atoms with van der Waals surface area (Å²) in [5.74, 6) is 0. The summed E-state index contributed by atoms with van der Waals surface area (Å²) in [6, 6.07) is 9.45. The molecule has 1 heterocycles. The van der Waals surface area contributed by atoms with Gasteiger partial charge >= 0.3 is 0 Å². The van der Waals surface area contributed by atoms with Gasteiger partial charge in [-0.25, -0.2) is 8.42 Å². The number of rotatable bonds is 7. The first-order valence-electron chi connectivity index (χ1n) is 7.51. The van der Waals surface area contributed by atoms with E-state index in [4.69, 9.17) is 0 Å². The van der Waals surface area contributed by atoms with Crippen molar-refractivity contribution < 1.29 is 13.3 Å². The highest BCUT2D eigenvalue weighted by molar-refractivity contribution is 7.89. The average Bonchev–Trinajstić information content (AvgIpc) is 2.56. The quantitative estimate of drug-likeness (QED) is 0.566. The molecule has 1 aromatic heterocycles. The van der Waals surface area contributed by atoms with E-state index in [0.29, 0.717) is 12.0 Å². The highest BCUT2D eigenvalue weighted by Crippen LogP contribution is 2.24. The van der Waals surface area contributed by atoms with Gasteiger partial charge in [-0.1, -0.05) is 19.1 Å². The van der Waals surface area contributed by atoms with Gasteiger partial charge in [0, 0.05) is 43.0 Å². The van der Waals surface area contributed by atoms with Crippen LogP contribution in [0.4, 0.5) is 5.69 Å². The van der Waals surface area contributed by atoms with Crippen molar-refractivity contribution >= 4 is 15.7 Å². The summed E-state index contributed by atoms with van der Waals surface area (Å²) in [6.45, 7) is 3.85. The van der Waals surface area contributed by atoms with Crippen LogP contribution in [0.2, 0.25) is 0 Å². The second-order valence-electron chi connectivity index (χ2n) is 5.27. The fourth-order valence-corrected chi connectivity index (χ4v) is 3.80. The number of likely N-dealkylation sites (N-methyl/N-ethyl adjacent to an activating group) is 1. The molecule has 0 spiro atoms. The van der Waals surface area contributed by atoms with Crippen LogP contribution in [0, 0.1) is 17.0 Å². The molecule has 0 aliphatic carbocycles. The molecule has 0 fully saturated rings. The third kappa shape index (κ3) is 3.95. The lowest BCUT2D eigenvalue weighted by atomic mass is 10.2. The van der Waals surface area contributed by atoms with Crippen LogP contribution in [0.5, 0.6) is 0 Å². The molecule has 0 saturated heterocycles. The first-order chi connectivity index (χ1) is 11.4. The zero-order valence-electron chi connectivity index (χ0n) is 13.5. The Bertz CT molecular complexity index is 822. The topological polar surface area (TPSA) is 93.4 Å². The molecule has 0 N–H and O–H groups in total. The molecule has 0 atom stereocenters. The SMILES string of the molecule is CCN(CCc1ccccn1)S(=O)(=O)c1ccc(C)c([N+](=O)[O-])c1. The van der Waals surface area contributed by atoms with E-state index in [9.17, 15) is 18.5 Å². The molecule has 0 aliphatic heterocycles. The molecule has 7 nitrogen and oxygen atoms in total. The monoisotopic (exact) mass is 349 g/mol. The Morgan fingerprint density at radius 2 is 2.00 bits per heavy atom. The van der Waals surface area contributed by atoms with Crippen molar-refractivity contribution in [3.63, 3.8) is 0 Å². The number of pyridine rings is 1. The van der Waals surface area contributed by atoms with Crippen molar-refractivity contribution in [2.45, 2.75) is 25.2 Å². The fourth-order valence-electron chi connectivity index (χ4n) is 2.33. The number of aromatic nitrogens is 1. The predicted octanol–water partition coefficient (Wildman–Crippen LogP) is 2.55. The zero-order valence-corrected chi connectivity index (χ0v) is 14.4. The van der Waals surface area contributed by atoms with Gasteiger partial charge in [0.2, 0.25) is 10.0 Å². The highest BCUT2D eigenvalue weighted by atomic mass is 32.2. The van der Waals surface area contributed by atoms with E-state index < -0.39 is 14.9 Å². The summed E-state index contributed by atoms with van der Waals surface area (Å²) in [4.78, 5) is 14.6. The molecule has 0 radical (unpaired) electrons. The van der Waals surface area contributed by atoms with E-state index in [0.717, 1.165) is 11.8 Å². The Hall–Kier alpha value is -2.32. The van der Waals surface area contributed by atoms with E-state index in [1.165, 1.54) is 16.4 Å². The highest BCUT2D eigenvalue weighted by Gasteiger charge is 2.25. The lowest BCUT2D eigenvalue weighted by molar-refractivity contribution is -0.385. The van der Waals surface area contributed by atoms with Crippen LogP contribution in [0.25, 0.3) is 0 Å². The van der Waals surface area contributed by atoms with Gasteiger partial charge in [0.05, 0.1) is 9.82 Å². The maximum Gasteiger partial charge on any atom is 0.273 e. The number of hydrogen-bond donors (Lipinski definition) is 0. The maximum atomic E-state index is 12.8. The summed E-state index contributed by atoms with van der Waals surface area (Å²) in [5.41, 5.74) is 1.02. The normalized spacial score (nSPS) is 11.6. The van der Waals surface area contributed by atoms with Crippen molar-refractivity contribution in [1.82, 2.24) is 9.29 Å². The molecule has 0 unspecified atom stereocenters. The molecule has 8 heteroatoms. The minimum absolute atomic E-state index is 0.0670.